The Kier molecular flexibility index (Phi) is 7.33. The molecule has 41 heavy (non-hydrogen) atoms. The molecule has 0 radical (unpaired) electrons. The van der Waals surface area contributed by atoms with Crippen LogP contribution in [0.1, 0.15) is 53.5 Å². The number of para-hydroxylation sites is 1. The average molecular weight is 546 g/mol. The summed E-state index contributed by atoms with van der Waals surface area (Å²) in [7, 11) is 1.65. The molecule has 0 saturated heterocycles. The van der Waals surface area contributed by atoms with Crippen molar-refractivity contribution in [2.24, 2.45) is 0 Å². The van der Waals surface area contributed by atoms with Crippen LogP contribution < -0.4 is 10.1 Å². The average Bonchev–Trinajstić information content (AvgIpc) is 3.61. The van der Waals surface area contributed by atoms with Crippen molar-refractivity contribution in [2.45, 2.75) is 45.8 Å². The molecule has 0 spiro atoms. The summed E-state index contributed by atoms with van der Waals surface area (Å²) in [6.07, 6.45) is 3.80. The molecule has 7 heteroatoms. The summed E-state index contributed by atoms with van der Waals surface area (Å²) in [6.45, 7) is 5.10. The van der Waals surface area contributed by atoms with Crippen molar-refractivity contribution < 1.29 is 9.53 Å². The summed E-state index contributed by atoms with van der Waals surface area (Å²) in [5.74, 6) is 1.75. The van der Waals surface area contributed by atoms with Gasteiger partial charge in [-0.05, 0) is 65.9 Å². The topological polar surface area (TPSA) is 64.3 Å². The zero-order valence-electron chi connectivity index (χ0n) is 23.7. The molecule has 0 fully saturated rings. The molecule has 3 aromatic carbocycles. The summed E-state index contributed by atoms with van der Waals surface area (Å²) in [4.78, 5) is 16.1. The molecule has 1 aliphatic heterocycles. The lowest BCUT2D eigenvalue weighted by Crippen LogP contribution is -2.41. The van der Waals surface area contributed by atoms with Gasteiger partial charge in [-0.3, -0.25) is 0 Å². The van der Waals surface area contributed by atoms with Gasteiger partial charge in [-0.15, -0.1) is 0 Å². The highest BCUT2D eigenvalue weighted by Gasteiger charge is 2.36. The molecule has 5 aromatic rings. The number of hydrogen-bond donors (Lipinski definition) is 1. The molecule has 0 bridgehead atoms. The van der Waals surface area contributed by atoms with Crippen LogP contribution in [0.15, 0.2) is 97.2 Å². The van der Waals surface area contributed by atoms with E-state index in [0.29, 0.717) is 13.1 Å². The van der Waals surface area contributed by atoms with Crippen molar-refractivity contribution >= 4 is 6.03 Å². The summed E-state index contributed by atoms with van der Waals surface area (Å²) in [5, 5.41) is 8.25. The van der Waals surface area contributed by atoms with Gasteiger partial charge in [0.2, 0.25) is 0 Å². The number of carbonyl (C=O) groups excluding carboxylic acids is 1. The second kappa shape index (κ2) is 11.4. The summed E-state index contributed by atoms with van der Waals surface area (Å²) < 4.78 is 9.62. The maximum atomic E-state index is 14.2. The lowest BCUT2D eigenvalue weighted by Gasteiger charge is -2.31. The van der Waals surface area contributed by atoms with Gasteiger partial charge in [-0.25, -0.2) is 9.48 Å². The molecule has 0 unspecified atom stereocenters. The van der Waals surface area contributed by atoms with E-state index in [-0.39, 0.29) is 12.1 Å². The van der Waals surface area contributed by atoms with Gasteiger partial charge in [-0.2, -0.15) is 5.10 Å². The van der Waals surface area contributed by atoms with Gasteiger partial charge in [0.15, 0.2) is 0 Å². The number of nitrogens with one attached hydrogen (secondary N) is 1. The van der Waals surface area contributed by atoms with E-state index in [1.807, 2.05) is 52.0 Å². The number of hydrogen-bond acceptors (Lipinski definition) is 3. The third kappa shape index (κ3) is 4.99. The Bertz CT molecular complexity index is 1650. The summed E-state index contributed by atoms with van der Waals surface area (Å²) >= 11 is 0. The van der Waals surface area contributed by atoms with Crippen LogP contribution in [0, 0.1) is 0 Å². The third-order valence-corrected chi connectivity index (χ3v) is 7.85. The van der Waals surface area contributed by atoms with Crippen molar-refractivity contribution in [3.8, 4) is 17.3 Å². The molecule has 0 aliphatic carbocycles. The quantitative estimate of drug-likeness (QED) is 0.250. The Morgan fingerprint density at radius 3 is 2.46 bits per heavy atom. The Labute approximate surface area is 241 Å². The Hall–Kier alpha value is -4.78. The summed E-state index contributed by atoms with van der Waals surface area (Å²) in [6, 6.07) is 30.4. The normalized spacial score (nSPS) is 14.2. The van der Waals surface area contributed by atoms with E-state index in [2.05, 4.69) is 78.5 Å². The van der Waals surface area contributed by atoms with Crippen LogP contribution in [0.2, 0.25) is 0 Å². The lowest BCUT2D eigenvalue weighted by atomic mass is 9.99. The molecule has 6 rings (SSSR count). The van der Waals surface area contributed by atoms with E-state index in [1.54, 1.807) is 7.11 Å². The van der Waals surface area contributed by atoms with E-state index < -0.39 is 0 Å². The number of benzene rings is 3. The molecule has 1 atom stereocenters. The fourth-order valence-electron chi connectivity index (χ4n) is 5.70. The molecule has 1 aliphatic rings. The fraction of sp³-hybridized carbons (Fsp3) is 0.235. The van der Waals surface area contributed by atoms with E-state index >= 15 is 0 Å². The minimum atomic E-state index is -0.289. The van der Waals surface area contributed by atoms with Gasteiger partial charge in [0, 0.05) is 18.3 Å². The molecular formula is C34H35N5O2. The molecule has 7 nitrogen and oxygen atoms in total. The van der Waals surface area contributed by atoms with E-state index in [9.17, 15) is 4.79 Å². The van der Waals surface area contributed by atoms with Crippen molar-refractivity contribution in [2.75, 3.05) is 7.11 Å². The van der Waals surface area contributed by atoms with Gasteiger partial charge in [0.05, 0.1) is 36.8 Å². The van der Waals surface area contributed by atoms with Crippen molar-refractivity contribution in [3.05, 3.63) is 131 Å². The first-order valence-corrected chi connectivity index (χ1v) is 14.2. The van der Waals surface area contributed by atoms with Crippen LogP contribution in [0.5, 0.6) is 5.75 Å². The van der Waals surface area contributed by atoms with E-state index in [4.69, 9.17) is 9.84 Å². The zero-order chi connectivity index (χ0) is 28.3. The first kappa shape index (κ1) is 26.4. The molecule has 0 saturated carbocycles. The number of fused-ring (bicyclic) bond motifs is 3. The predicted molar refractivity (Wildman–Crippen MR) is 161 cm³/mol. The largest absolute Gasteiger partial charge is 0.497 e. The molecule has 1 N–H and O–H groups in total. The SMILES string of the molecule is CCc1ccc([C@H]2c3cccn3-c3c(c(CC)nn3-c3ccccc3)CN2C(=O)NCc2cccc(OC)c2)cc1. The standard InChI is InChI=1S/C34H35N5O2/c1-4-24-16-18-26(19-17-24)32-31-15-10-20-37(31)33-29(30(5-2)36-39(33)27-12-7-6-8-13-27)23-38(32)34(40)35-22-25-11-9-14-28(21-25)41-3/h6-21,32H,4-5,22-23H2,1-3H3,(H,35,40)/t32-/m0/s1. The van der Waals surface area contributed by atoms with Crippen molar-refractivity contribution in [1.29, 1.82) is 0 Å². The number of aromatic nitrogens is 3. The number of carbonyl (C=O) groups is 1. The third-order valence-electron chi connectivity index (χ3n) is 7.85. The van der Waals surface area contributed by atoms with Gasteiger partial charge < -0.3 is 19.5 Å². The minimum absolute atomic E-state index is 0.132. The highest BCUT2D eigenvalue weighted by molar-refractivity contribution is 5.76. The van der Waals surface area contributed by atoms with Crippen LogP contribution >= 0.6 is 0 Å². The van der Waals surface area contributed by atoms with Crippen molar-refractivity contribution in [1.82, 2.24) is 24.6 Å². The highest BCUT2D eigenvalue weighted by Crippen LogP contribution is 2.38. The molecule has 208 valence electrons. The fourth-order valence-corrected chi connectivity index (χ4v) is 5.70. The van der Waals surface area contributed by atoms with Gasteiger partial charge in [-0.1, -0.05) is 68.4 Å². The van der Waals surface area contributed by atoms with Crippen LogP contribution in [-0.4, -0.2) is 32.4 Å². The second-order valence-corrected chi connectivity index (χ2v) is 10.3. The van der Waals surface area contributed by atoms with E-state index in [0.717, 1.165) is 58.2 Å². The van der Waals surface area contributed by atoms with Crippen LogP contribution in [0.3, 0.4) is 0 Å². The van der Waals surface area contributed by atoms with Gasteiger partial charge in [0.1, 0.15) is 11.6 Å². The molecule has 2 amide bonds. The monoisotopic (exact) mass is 545 g/mol. The molecule has 3 heterocycles. The van der Waals surface area contributed by atoms with Crippen LogP contribution in [0.25, 0.3) is 11.5 Å². The zero-order valence-corrected chi connectivity index (χ0v) is 23.7. The predicted octanol–water partition coefficient (Wildman–Crippen LogP) is 6.61. The minimum Gasteiger partial charge on any atom is -0.497 e. The second-order valence-electron chi connectivity index (χ2n) is 10.3. The number of amides is 2. The van der Waals surface area contributed by atoms with Crippen molar-refractivity contribution in [3.63, 3.8) is 0 Å². The Morgan fingerprint density at radius 2 is 1.73 bits per heavy atom. The number of ether oxygens (including phenoxy) is 1. The van der Waals surface area contributed by atoms with E-state index in [1.165, 1.54) is 5.56 Å². The van der Waals surface area contributed by atoms with Crippen LogP contribution in [-0.2, 0) is 25.9 Å². The van der Waals surface area contributed by atoms with Gasteiger partial charge in [0.25, 0.3) is 0 Å². The first-order chi connectivity index (χ1) is 20.1. The number of methoxy groups -OCH3 is 1. The lowest BCUT2D eigenvalue weighted by molar-refractivity contribution is 0.180. The molecular weight excluding hydrogens is 510 g/mol. The number of urea groups is 1. The number of nitrogens with zero attached hydrogens (tertiary/aromatic N) is 4. The Balaban J connectivity index is 1.47. The van der Waals surface area contributed by atoms with Crippen LogP contribution in [0.4, 0.5) is 4.79 Å². The first-order valence-electron chi connectivity index (χ1n) is 14.2. The number of rotatable bonds is 7. The maximum Gasteiger partial charge on any atom is 0.318 e. The highest BCUT2D eigenvalue weighted by atomic mass is 16.5. The Morgan fingerprint density at radius 1 is 0.927 bits per heavy atom. The van der Waals surface area contributed by atoms with Gasteiger partial charge >= 0.3 is 6.03 Å². The molecule has 2 aromatic heterocycles. The summed E-state index contributed by atoms with van der Waals surface area (Å²) in [5.41, 5.74) is 7.36. The smallest absolute Gasteiger partial charge is 0.318 e. The number of aryl methyl sites for hydroxylation is 2. The maximum absolute atomic E-state index is 14.2.